The van der Waals surface area contributed by atoms with Crippen LogP contribution < -0.4 is 5.32 Å². The number of likely N-dealkylation sites (N-methyl/N-ethyl adjacent to an activating group) is 1. The van der Waals surface area contributed by atoms with E-state index in [2.05, 4.69) is 31.0 Å². The van der Waals surface area contributed by atoms with Crippen LogP contribution in [0.25, 0.3) is 0 Å². The molecule has 0 spiro atoms. The zero-order chi connectivity index (χ0) is 12.3. The highest BCUT2D eigenvalue weighted by molar-refractivity contribution is 5.83. The van der Waals surface area contributed by atoms with Crippen LogP contribution in [-0.4, -0.2) is 61.0 Å². The molecule has 94 valence electrons. The van der Waals surface area contributed by atoms with Gasteiger partial charge in [0.05, 0.1) is 6.04 Å². The summed E-state index contributed by atoms with van der Waals surface area (Å²) in [5.74, 6) is 0.244. The lowest BCUT2D eigenvalue weighted by molar-refractivity contribution is -0.136. The number of nitrogens with one attached hydrogen (secondary N) is 1. The summed E-state index contributed by atoms with van der Waals surface area (Å²) in [5.41, 5.74) is 0. The minimum atomic E-state index is -0.0534. The van der Waals surface area contributed by atoms with Gasteiger partial charge in [-0.2, -0.15) is 0 Å². The Labute approximate surface area is 99.0 Å². The smallest absolute Gasteiger partial charge is 0.241 e. The van der Waals surface area contributed by atoms with Crippen LogP contribution in [0.1, 0.15) is 27.2 Å². The van der Waals surface area contributed by atoms with Gasteiger partial charge in [-0.25, -0.2) is 0 Å². The van der Waals surface area contributed by atoms with Gasteiger partial charge in [0.15, 0.2) is 0 Å². The van der Waals surface area contributed by atoms with E-state index in [4.69, 9.17) is 0 Å². The highest BCUT2D eigenvalue weighted by Gasteiger charge is 2.32. The van der Waals surface area contributed by atoms with Crippen LogP contribution in [0, 0.1) is 0 Å². The summed E-state index contributed by atoms with van der Waals surface area (Å²) < 4.78 is 0. The van der Waals surface area contributed by atoms with Gasteiger partial charge in [0.1, 0.15) is 0 Å². The number of amides is 1. The molecule has 4 heteroatoms. The predicted octanol–water partition coefficient (Wildman–Crippen LogP) is 0.535. The number of hydrogen-bond donors (Lipinski definition) is 1. The third kappa shape index (κ3) is 3.19. The largest absolute Gasteiger partial charge is 0.336 e. The van der Waals surface area contributed by atoms with Crippen molar-refractivity contribution in [3.63, 3.8) is 0 Å². The van der Waals surface area contributed by atoms with Crippen molar-refractivity contribution in [1.82, 2.24) is 15.1 Å². The number of carbonyl (C=O) groups is 1. The van der Waals surface area contributed by atoms with Gasteiger partial charge in [-0.1, -0.05) is 0 Å². The molecule has 0 saturated carbocycles. The molecular formula is C12H25N3O. The minimum absolute atomic E-state index is 0.0534. The van der Waals surface area contributed by atoms with Crippen LogP contribution in [0.4, 0.5) is 0 Å². The number of hydrogen-bond acceptors (Lipinski definition) is 3. The van der Waals surface area contributed by atoms with E-state index in [1.807, 2.05) is 19.0 Å². The van der Waals surface area contributed by atoms with E-state index in [1.54, 1.807) is 0 Å². The van der Waals surface area contributed by atoms with Crippen molar-refractivity contribution in [2.24, 2.45) is 0 Å². The summed E-state index contributed by atoms with van der Waals surface area (Å²) in [6, 6.07) is 0.571. The second-order valence-electron chi connectivity index (χ2n) is 5.25. The predicted molar refractivity (Wildman–Crippen MR) is 66.4 cm³/mol. The van der Waals surface area contributed by atoms with Crippen molar-refractivity contribution in [2.75, 3.05) is 27.2 Å². The van der Waals surface area contributed by atoms with Crippen LogP contribution in [0.3, 0.4) is 0 Å². The maximum absolute atomic E-state index is 12.4. The topological polar surface area (TPSA) is 35.6 Å². The summed E-state index contributed by atoms with van der Waals surface area (Å²) in [6.07, 6.45) is 1.04. The Hall–Kier alpha value is -0.610. The third-order valence-electron chi connectivity index (χ3n) is 3.08. The average molecular weight is 227 g/mol. The summed E-state index contributed by atoms with van der Waals surface area (Å²) in [7, 11) is 4.01. The first-order valence-electron chi connectivity index (χ1n) is 6.13. The van der Waals surface area contributed by atoms with Gasteiger partial charge in [-0.15, -0.1) is 0 Å². The zero-order valence-corrected chi connectivity index (χ0v) is 11.2. The Morgan fingerprint density at radius 3 is 2.62 bits per heavy atom. The van der Waals surface area contributed by atoms with Gasteiger partial charge in [0.2, 0.25) is 5.91 Å². The van der Waals surface area contributed by atoms with Crippen LogP contribution in [0.2, 0.25) is 0 Å². The zero-order valence-electron chi connectivity index (χ0n) is 11.2. The van der Waals surface area contributed by atoms with E-state index >= 15 is 0 Å². The van der Waals surface area contributed by atoms with Crippen molar-refractivity contribution in [2.45, 2.75) is 45.3 Å². The second kappa shape index (κ2) is 5.64. The molecule has 1 heterocycles. The monoisotopic (exact) mass is 227 g/mol. The molecule has 1 amide bonds. The molecule has 0 aromatic carbocycles. The van der Waals surface area contributed by atoms with Gasteiger partial charge < -0.3 is 15.1 Å². The molecule has 0 radical (unpaired) electrons. The molecule has 1 aliphatic heterocycles. The van der Waals surface area contributed by atoms with Gasteiger partial charge >= 0.3 is 0 Å². The number of carbonyl (C=O) groups excluding carboxylic acids is 1. The molecular weight excluding hydrogens is 202 g/mol. The first-order chi connectivity index (χ1) is 7.43. The highest BCUT2D eigenvalue weighted by atomic mass is 16.2. The van der Waals surface area contributed by atoms with E-state index < -0.39 is 0 Å². The standard InChI is InChI=1S/C12H25N3O/c1-9(2)15-10(3)6-7-13-11(12(15)16)8-14(4)5/h9-11,13H,6-8H2,1-5H3. The molecule has 2 unspecified atom stereocenters. The molecule has 0 aromatic heterocycles. The van der Waals surface area contributed by atoms with Crippen molar-refractivity contribution in [3.05, 3.63) is 0 Å². The third-order valence-corrected chi connectivity index (χ3v) is 3.08. The summed E-state index contributed by atoms with van der Waals surface area (Å²) in [4.78, 5) is 16.5. The summed E-state index contributed by atoms with van der Waals surface area (Å²) in [5, 5.41) is 3.35. The molecule has 4 nitrogen and oxygen atoms in total. The van der Waals surface area contributed by atoms with Crippen molar-refractivity contribution < 1.29 is 4.79 Å². The second-order valence-corrected chi connectivity index (χ2v) is 5.25. The Balaban J connectivity index is 2.78. The normalized spacial score (nSPS) is 27.7. The lowest BCUT2D eigenvalue weighted by atomic mass is 10.1. The lowest BCUT2D eigenvalue weighted by Crippen LogP contribution is -2.52. The number of rotatable bonds is 3. The van der Waals surface area contributed by atoms with E-state index in [1.165, 1.54) is 0 Å². The molecule has 1 N–H and O–H groups in total. The lowest BCUT2D eigenvalue weighted by Gasteiger charge is -2.33. The molecule has 1 aliphatic rings. The SMILES string of the molecule is CC(C)N1C(=O)C(CN(C)C)NCCC1C. The van der Waals surface area contributed by atoms with Crippen molar-refractivity contribution >= 4 is 5.91 Å². The van der Waals surface area contributed by atoms with Crippen LogP contribution in [0.15, 0.2) is 0 Å². The minimum Gasteiger partial charge on any atom is -0.336 e. The molecule has 0 bridgehead atoms. The van der Waals surface area contributed by atoms with Gasteiger partial charge in [-0.3, -0.25) is 4.79 Å². The Kier molecular flexibility index (Phi) is 4.74. The quantitative estimate of drug-likeness (QED) is 0.764. The maximum Gasteiger partial charge on any atom is 0.241 e. The summed E-state index contributed by atoms with van der Waals surface area (Å²) in [6.45, 7) is 8.01. The molecule has 2 atom stereocenters. The van der Waals surface area contributed by atoms with E-state index in [0.717, 1.165) is 19.5 Å². The molecule has 1 fully saturated rings. The maximum atomic E-state index is 12.4. The van der Waals surface area contributed by atoms with E-state index in [-0.39, 0.29) is 18.0 Å². The molecule has 16 heavy (non-hydrogen) atoms. The van der Waals surface area contributed by atoms with Crippen LogP contribution >= 0.6 is 0 Å². The van der Waals surface area contributed by atoms with Crippen molar-refractivity contribution in [3.8, 4) is 0 Å². The van der Waals surface area contributed by atoms with Gasteiger partial charge in [-0.05, 0) is 47.8 Å². The molecule has 0 aliphatic carbocycles. The fraction of sp³-hybridized carbons (Fsp3) is 0.917. The molecule has 1 saturated heterocycles. The summed E-state index contributed by atoms with van der Waals surface area (Å²) >= 11 is 0. The van der Waals surface area contributed by atoms with Crippen molar-refractivity contribution in [1.29, 1.82) is 0 Å². The van der Waals surface area contributed by atoms with E-state index in [9.17, 15) is 4.79 Å². The number of nitrogens with zero attached hydrogens (tertiary/aromatic N) is 2. The van der Waals surface area contributed by atoms with Gasteiger partial charge in [0.25, 0.3) is 0 Å². The fourth-order valence-electron chi connectivity index (χ4n) is 2.36. The first-order valence-corrected chi connectivity index (χ1v) is 6.13. The molecule has 1 rings (SSSR count). The highest BCUT2D eigenvalue weighted by Crippen LogP contribution is 2.14. The fourth-order valence-corrected chi connectivity index (χ4v) is 2.36. The Morgan fingerprint density at radius 1 is 1.50 bits per heavy atom. The Morgan fingerprint density at radius 2 is 2.12 bits per heavy atom. The van der Waals surface area contributed by atoms with Crippen LogP contribution in [-0.2, 0) is 4.79 Å². The van der Waals surface area contributed by atoms with E-state index in [0.29, 0.717) is 6.04 Å². The Bertz CT molecular complexity index is 240. The van der Waals surface area contributed by atoms with Crippen LogP contribution in [0.5, 0.6) is 0 Å². The first kappa shape index (κ1) is 13.5. The van der Waals surface area contributed by atoms with Gasteiger partial charge in [0, 0.05) is 18.6 Å². The molecule has 0 aromatic rings. The average Bonchev–Trinajstić information content (AvgIpc) is 2.26.